The highest BCUT2D eigenvalue weighted by atomic mass is 19.4. The van der Waals surface area contributed by atoms with E-state index >= 15 is 0 Å². The fraction of sp³-hybridized carbons (Fsp3) is 0.278. The number of para-hydroxylation sites is 1. The van der Waals surface area contributed by atoms with Crippen LogP contribution in [0.25, 0.3) is 0 Å². The number of benzene rings is 2. The van der Waals surface area contributed by atoms with E-state index in [1.807, 2.05) is 0 Å². The van der Waals surface area contributed by atoms with E-state index in [9.17, 15) is 31.1 Å². The number of rotatable bonds is 6. The number of anilines is 1. The summed E-state index contributed by atoms with van der Waals surface area (Å²) in [6, 6.07) is 8.28. The number of nitrogens with one attached hydrogen (secondary N) is 1. The van der Waals surface area contributed by atoms with Crippen molar-refractivity contribution in [1.29, 1.82) is 0 Å². The second-order valence-electron chi connectivity index (χ2n) is 5.65. The van der Waals surface area contributed by atoms with Gasteiger partial charge in [0.2, 0.25) is 5.91 Å². The third-order valence-corrected chi connectivity index (χ3v) is 3.52. The molecule has 0 radical (unpaired) electrons. The summed E-state index contributed by atoms with van der Waals surface area (Å²) in [5.74, 6) is -0.894. The van der Waals surface area contributed by atoms with Crippen LogP contribution < -0.4 is 14.8 Å². The number of methoxy groups -OCH3 is 1. The quantitative estimate of drug-likeness (QED) is 0.698. The number of ether oxygens (including phenoxy) is 2. The van der Waals surface area contributed by atoms with Gasteiger partial charge in [-0.2, -0.15) is 26.3 Å². The smallest absolute Gasteiger partial charge is 0.422 e. The van der Waals surface area contributed by atoms with Crippen molar-refractivity contribution < 1.29 is 40.6 Å². The first-order valence-electron chi connectivity index (χ1n) is 7.82. The highest BCUT2D eigenvalue weighted by Gasteiger charge is 2.33. The lowest BCUT2D eigenvalue weighted by atomic mass is 10.1. The number of hydrogen-bond acceptors (Lipinski definition) is 3. The zero-order valence-corrected chi connectivity index (χ0v) is 14.4. The van der Waals surface area contributed by atoms with Crippen LogP contribution in [0.5, 0.6) is 11.5 Å². The summed E-state index contributed by atoms with van der Waals surface area (Å²) in [5, 5.41) is 2.17. The molecule has 1 amide bonds. The second kappa shape index (κ2) is 8.41. The molecule has 1 N–H and O–H groups in total. The predicted octanol–water partition coefficient (Wildman–Crippen LogP) is 4.84. The molecule has 0 aromatic heterocycles. The molecular formula is C18H15F6NO3. The van der Waals surface area contributed by atoms with Crippen LogP contribution in [-0.2, 0) is 17.4 Å². The number of hydrogen-bond donors (Lipinski definition) is 1. The van der Waals surface area contributed by atoms with Gasteiger partial charge >= 0.3 is 12.4 Å². The minimum absolute atomic E-state index is 0.265. The Morgan fingerprint density at radius 1 is 1.00 bits per heavy atom. The molecule has 4 nitrogen and oxygen atoms in total. The van der Waals surface area contributed by atoms with Gasteiger partial charge in [0, 0.05) is 5.56 Å². The Kier molecular flexibility index (Phi) is 6.42. The van der Waals surface area contributed by atoms with Gasteiger partial charge in [-0.05, 0) is 24.3 Å². The SMILES string of the molecule is COc1ccccc1CC(=O)Nc1cc(C(F)(F)F)ccc1OCC(F)(F)F. The van der Waals surface area contributed by atoms with E-state index in [1.165, 1.54) is 7.11 Å². The van der Waals surface area contributed by atoms with Crippen LogP contribution in [0.1, 0.15) is 11.1 Å². The molecule has 0 unspecified atom stereocenters. The molecular weight excluding hydrogens is 392 g/mol. The molecule has 2 aromatic carbocycles. The molecule has 0 saturated heterocycles. The molecule has 28 heavy (non-hydrogen) atoms. The van der Waals surface area contributed by atoms with Crippen LogP contribution in [0.3, 0.4) is 0 Å². The van der Waals surface area contributed by atoms with Crippen LogP contribution in [0.15, 0.2) is 42.5 Å². The van der Waals surface area contributed by atoms with Crippen molar-refractivity contribution in [1.82, 2.24) is 0 Å². The molecule has 0 atom stereocenters. The third-order valence-electron chi connectivity index (χ3n) is 3.52. The van der Waals surface area contributed by atoms with Crippen LogP contribution in [0, 0.1) is 0 Å². The lowest BCUT2D eigenvalue weighted by Gasteiger charge is -2.16. The number of carbonyl (C=O) groups is 1. The summed E-state index contributed by atoms with van der Waals surface area (Å²) < 4.78 is 85.4. The van der Waals surface area contributed by atoms with E-state index in [0.717, 1.165) is 6.07 Å². The molecule has 0 fully saturated rings. The summed E-state index contributed by atoms with van der Waals surface area (Å²) in [7, 11) is 1.38. The monoisotopic (exact) mass is 407 g/mol. The number of halogens is 6. The molecule has 0 aliphatic heterocycles. The molecule has 0 aliphatic carbocycles. The molecule has 0 spiro atoms. The average molecular weight is 407 g/mol. The molecule has 10 heteroatoms. The summed E-state index contributed by atoms with van der Waals surface area (Å²) in [6.45, 7) is -1.71. The predicted molar refractivity (Wildman–Crippen MR) is 88.3 cm³/mol. The molecule has 2 aromatic rings. The maximum absolute atomic E-state index is 12.9. The Labute approximate surface area is 156 Å². The zero-order valence-electron chi connectivity index (χ0n) is 14.4. The molecule has 152 valence electrons. The van der Waals surface area contributed by atoms with E-state index in [2.05, 4.69) is 10.1 Å². The van der Waals surface area contributed by atoms with Crippen molar-refractivity contribution in [3.05, 3.63) is 53.6 Å². The van der Waals surface area contributed by atoms with Gasteiger partial charge in [0.05, 0.1) is 24.8 Å². The van der Waals surface area contributed by atoms with Gasteiger partial charge in [0.1, 0.15) is 11.5 Å². The summed E-state index contributed by atoms with van der Waals surface area (Å²) in [6.07, 6.45) is -9.70. The van der Waals surface area contributed by atoms with Crippen LogP contribution >= 0.6 is 0 Å². The molecule has 0 saturated carbocycles. The standard InChI is InChI=1S/C18H15F6NO3/c1-27-14-5-3-2-4-11(14)8-16(26)25-13-9-12(18(22,23)24)6-7-15(13)28-10-17(19,20)21/h2-7,9H,8,10H2,1H3,(H,25,26). The van der Waals surface area contributed by atoms with Crippen molar-refractivity contribution in [2.24, 2.45) is 0 Å². The normalized spacial score (nSPS) is 11.8. The fourth-order valence-electron chi connectivity index (χ4n) is 2.31. The topological polar surface area (TPSA) is 47.6 Å². The molecule has 0 aliphatic rings. The highest BCUT2D eigenvalue weighted by molar-refractivity contribution is 5.94. The van der Waals surface area contributed by atoms with Gasteiger partial charge in [0.25, 0.3) is 0 Å². The van der Waals surface area contributed by atoms with Gasteiger partial charge in [-0.25, -0.2) is 0 Å². The van der Waals surface area contributed by atoms with Crippen molar-refractivity contribution in [2.45, 2.75) is 18.8 Å². The third kappa shape index (κ3) is 6.07. The fourth-order valence-corrected chi connectivity index (χ4v) is 2.31. The lowest BCUT2D eigenvalue weighted by Crippen LogP contribution is -2.21. The van der Waals surface area contributed by atoms with Gasteiger partial charge in [-0.15, -0.1) is 0 Å². The zero-order chi connectivity index (χ0) is 20.9. The summed E-state index contributed by atoms with van der Waals surface area (Å²) in [4.78, 5) is 12.2. The molecule has 2 rings (SSSR count). The van der Waals surface area contributed by atoms with E-state index in [0.29, 0.717) is 23.4 Å². The first-order valence-corrected chi connectivity index (χ1v) is 7.82. The Balaban J connectivity index is 2.26. The minimum Gasteiger partial charge on any atom is -0.496 e. The van der Waals surface area contributed by atoms with Crippen molar-refractivity contribution in [3.63, 3.8) is 0 Å². The van der Waals surface area contributed by atoms with Crippen molar-refractivity contribution in [2.75, 3.05) is 19.0 Å². The summed E-state index contributed by atoms with van der Waals surface area (Å²) >= 11 is 0. The van der Waals surface area contributed by atoms with Crippen LogP contribution in [0.2, 0.25) is 0 Å². The van der Waals surface area contributed by atoms with Crippen molar-refractivity contribution >= 4 is 11.6 Å². The average Bonchev–Trinajstić information content (AvgIpc) is 2.59. The maximum Gasteiger partial charge on any atom is 0.422 e. The Hall–Kier alpha value is -2.91. The van der Waals surface area contributed by atoms with Gasteiger partial charge in [-0.3, -0.25) is 4.79 Å². The van der Waals surface area contributed by atoms with Crippen LogP contribution in [-0.4, -0.2) is 25.8 Å². The van der Waals surface area contributed by atoms with Gasteiger partial charge in [-0.1, -0.05) is 18.2 Å². The van der Waals surface area contributed by atoms with Crippen molar-refractivity contribution in [3.8, 4) is 11.5 Å². The van der Waals surface area contributed by atoms with E-state index in [-0.39, 0.29) is 6.42 Å². The van der Waals surface area contributed by atoms with Crippen LogP contribution in [0.4, 0.5) is 32.0 Å². The minimum atomic E-state index is -4.75. The Morgan fingerprint density at radius 3 is 2.29 bits per heavy atom. The Morgan fingerprint density at radius 2 is 1.68 bits per heavy atom. The lowest BCUT2D eigenvalue weighted by molar-refractivity contribution is -0.153. The largest absolute Gasteiger partial charge is 0.496 e. The number of amides is 1. The Bertz CT molecular complexity index is 833. The second-order valence-corrected chi connectivity index (χ2v) is 5.65. The first-order chi connectivity index (χ1) is 13.0. The van der Waals surface area contributed by atoms with E-state index in [4.69, 9.17) is 4.74 Å². The molecule has 0 bridgehead atoms. The van der Waals surface area contributed by atoms with E-state index < -0.39 is 41.9 Å². The number of carbonyl (C=O) groups excluding carboxylic acids is 1. The van der Waals surface area contributed by atoms with E-state index in [1.54, 1.807) is 24.3 Å². The number of alkyl halides is 6. The highest BCUT2D eigenvalue weighted by Crippen LogP contribution is 2.35. The maximum atomic E-state index is 12.9. The molecule has 0 heterocycles. The van der Waals surface area contributed by atoms with Gasteiger partial charge in [0.15, 0.2) is 6.61 Å². The summed E-state index contributed by atoms with van der Waals surface area (Å²) in [5.41, 5.74) is -1.20. The first kappa shape index (κ1) is 21.4. The van der Waals surface area contributed by atoms with Gasteiger partial charge < -0.3 is 14.8 Å².